The maximum atomic E-state index is 12.8. The number of likely N-dealkylation sites (N-methyl/N-ethyl adjacent to an activating group) is 1. The van der Waals surface area contributed by atoms with Crippen molar-refractivity contribution >= 4 is 11.9 Å². The average molecular weight is 443 g/mol. The van der Waals surface area contributed by atoms with Gasteiger partial charge in [-0.05, 0) is 52.8 Å². The Morgan fingerprint density at radius 2 is 1.69 bits per heavy atom. The number of guanidine groups is 1. The zero-order chi connectivity index (χ0) is 22.9. The number of likely N-dealkylation sites (tertiary alicyclic amines) is 1. The van der Waals surface area contributed by atoms with Crippen LogP contribution in [-0.2, 0) is 11.2 Å². The standard InChI is InChI=1S/C25H42N6O/c1-5-26-25(27-20-23(28(3)4)19-22-11-7-6-8-12-22)31-17-15-29(16-18-31)21(2)24(32)30-13-9-10-14-30/h6-8,11-12,21,23H,5,9-10,13-20H2,1-4H3,(H,26,27). The average Bonchev–Trinajstić information content (AvgIpc) is 3.35. The van der Waals surface area contributed by atoms with Crippen molar-refractivity contribution in [2.45, 2.75) is 45.2 Å². The lowest BCUT2D eigenvalue weighted by atomic mass is 10.1. The number of hydrogen-bond donors (Lipinski definition) is 1. The van der Waals surface area contributed by atoms with Gasteiger partial charge in [0.2, 0.25) is 5.91 Å². The van der Waals surface area contributed by atoms with Crippen LogP contribution in [0.5, 0.6) is 0 Å². The van der Waals surface area contributed by atoms with Gasteiger partial charge in [-0.15, -0.1) is 0 Å². The van der Waals surface area contributed by atoms with Gasteiger partial charge >= 0.3 is 0 Å². The van der Waals surface area contributed by atoms with E-state index in [1.807, 2.05) is 4.90 Å². The fourth-order valence-electron chi connectivity index (χ4n) is 4.59. The Bertz CT molecular complexity index is 723. The normalized spacial score (nSPS) is 20.0. The maximum Gasteiger partial charge on any atom is 0.239 e. The lowest BCUT2D eigenvalue weighted by molar-refractivity contribution is -0.135. The molecule has 3 rings (SSSR count). The van der Waals surface area contributed by atoms with E-state index in [4.69, 9.17) is 4.99 Å². The molecule has 0 spiro atoms. The molecule has 1 aromatic carbocycles. The Morgan fingerprint density at radius 3 is 2.28 bits per heavy atom. The molecule has 0 aromatic heterocycles. The molecule has 0 aliphatic carbocycles. The van der Waals surface area contributed by atoms with E-state index in [9.17, 15) is 4.79 Å². The number of nitrogens with zero attached hydrogens (tertiary/aromatic N) is 5. The Kier molecular flexibility index (Phi) is 9.36. The van der Waals surface area contributed by atoms with Gasteiger partial charge in [0.1, 0.15) is 0 Å². The third-order valence-corrected chi connectivity index (χ3v) is 6.77. The number of carbonyl (C=O) groups is 1. The lowest BCUT2D eigenvalue weighted by Crippen LogP contribution is -2.57. The quantitative estimate of drug-likeness (QED) is 0.491. The molecular weight excluding hydrogens is 400 g/mol. The Balaban J connectivity index is 1.56. The van der Waals surface area contributed by atoms with E-state index in [-0.39, 0.29) is 6.04 Å². The monoisotopic (exact) mass is 442 g/mol. The summed E-state index contributed by atoms with van der Waals surface area (Å²) in [5, 5.41) is 3.49. The van der Waals surface area contributed by atoms with Gasteiger partial charge < -0.3 is 20.0 Å². The van der Waals surface area contributed by atoms with E-state index < -0.39 is 0 Å². The highest BCUT2D eigenvalue weighted by atomic mass is 16.2. The third kappa shape index (κ3) is 6.69. The van der Waals surface area contributed by atoms with Crippen LogP contribution in [-0.4, -0.2) is 110 Å². The van der Waals surface area contributed by atoms with Crippen molar-refractivity contribution < 1.29 is 4.79 Å². The number of nitrogens with one attached hydrogen (secondary N) is 1. The molecule has 1 aromatic rings. The molecule has 32 heavy (non-hydrogen) atoms. The van der Waals surface area contributed by atoms with E-state index in [0.717, 1.165) is 77.6 Å². The fraction of sp³-hybridized carbons (Fsp3) is 0.680. The number of amides is 1. The molecule has 7 heteroatoms. The molecule has 2 aliphatic rings. The number of benzene rings is 1. The zero-order valence-corrected chi connectivity index (χ0v) is 20.5. The molecule has 178 valence electrons. The van der Waals surface area contributed by atoms with Gasteiger partial charge in [0.05, 0.1) is 12.6 Å². The molecule has 2 saturated heterocycles. The summed E-state index contributed by atoms with van der Waals surface area (Å²) in [6.45, 7) is 11.2. The minimum absolute atomic E-state index is 0.0289. The summed E-state index contributed by atoms with van der Waals surface area (Å²) < 4.78 is 0. The van der Waals surface area contributed by atoms with Gasteiger partial charge in [-0.1, -0.05) is 30.3 Å². The first-order valence-electron chi connectivity index (χ1n) is 12.3. The van der Waals surface area contributed by atoms with Crippen molar-refractivity contribution in [1.29, 1.82) is 0 Å². The highest BCUT2D eigenvalue weighted by molar-refractivity contribution is 5.82. The predicted octanol–water partition coefficient (Wildman–Crippen LogP) is 1.75. The first kappa shape index (κ1) is 24.5. The predicted molar refractivity (Wildman–Crippen MR) is 132 cm³/mol. The topological polar surface area (TPSA) is 54.4 Å². The Hall–Kier alpha value is -2.12. The summed E-state index contributed by atoms with van der Waals surface area (Å²) in [6.07, 6.45) is 3.28. The van der Waals surface area contributed by atoms with Gasteiger partial charge in [-0.25, -0.2) is 0 Å². The van der Waals surface area contributed by atoms with Crippen LogP contribution in [0.4, 0.5) is 0 Å². The van der Waals surface area contributed by atoms with Crippen LogP contribution < -0.4 is 5.32 Å². The number of piperazine rings is 1. The van der Waals surface area contributed by atoms with Gasteiger partial charge in [-0.3, -0.25) is 14.7 Å². The van der Waals surface area contributed by atoms with Crippen molar-refractivity contribution in [3.63, 3.8) is 0 Å². The fourth-order valence-corrected chi connectivity index (χ4v) is 4.59. The molecule has 1 amide bonds. The first-order valence-corrected chi connectivity index (χ1v) is 12.3. The van der Waals surface area contributed by atoms with E-state index in [1.54, 1.807) is 0 Å². The molecule has 0 bridgehead atoms. The van der Waals surface area contributed by atoms with E-state index in [0.29, 0.717) is 11.9 Å². The van der Waals surface area contributed by atoms with Gasteiger partial charge in [0.25, 0.3) is 0 Å². The summed E-state index contributed by atoms with van der Waals surface area (Å²) in [7, 11) is 4.27. The molecule has 0 saturated carbocycles. The van der Waals surface area contributed by atoms with Crippen LogP contribution in [0.1, 0.15) is 32.3 Å². The highest BCUT2D eigenvalue weighted by Crippen LogP contribution is 2.14. The van der Waals surface area contributed by atoms with Crippen LogP contribution in [0.25, 0.3) is 0 Å². The summed E-state index contributed by atoms with van der Waals surface area (Å²) in [5.41, 5.74) is 1.34. The van der Waals surface area contributed by atoms with Crippen LogP contribution in [0, 0.1) is 0 Å². The zero-order valence-electron chi connectivity index (χ0n) is 20.5. The van der Waals surface area contributed by atoms with E-state index in [1.165, 1.54) is 5.56 Å². The lowest BCUT2D eigenvalue weighted by Gasteiger charge is -2.39. The summed E-state index contributed by atoms with van der Waals surface area (Å²) in [5.74, 6) is 1.29. The maximum absolute atomic E-state index is 12.8. The van der Waals surface area contributed by atoms with Crippen molar-refractivity contribution in [2.24, 2.45) is 4.99 Å². The second kappa shape index (κ2) is 12.2. The van der Waals surface area contributed by atoms with Crippen molar-refractivity contribution in [3.05, 3.63) is 35.9 Å². The minimum atomic E-state index is -0.0289. The molecule has 7 nitrogen and oxygen atoms in total. The molecule has 2 aliphatic heterocycles. The van der Waals surface area contributed by atoms with Gasteiger partial charge in [0, 0.05) is 51.9 Å². The number of aliphatic imine (C=N–C) groups is 1. The van der Waals surface area contributed by atoms with Crippen LogP contribution in [0.15, 0.2) is 35.3 Å². The van der Waals surface area contributed by atoms with Gasteiger partial charge in [-0.2, -0.15) is 0 Å². The van der Waals surface area contributed by atoms with Gasteiger partial charge in [0.15, 0.2) is 5.96 Å². The second-order valence-corrected chi connectivity index (χ2v) is 9.23. The molecular formula is C25H42N6O. The van der Waals surface area contributed by atoms with E-state index in [2.05, 4.69) is 78.3 Å². The SMILES string of the molecule is CCNC(=NCC(Cc1ccccc1)N(C)C)N1CCN(C(C)C(=O)N2CCCC2)CC1. The number of rotatable bonds is 8. The molecule has 0 radical (unpaired) electrons. The Morgan fingerprint density at radius 1 is 1.03 bits per heavy atom. The van der Waals surface area contributed by atoms with Crippen molar-refractivity contribution in [3.8, 4) is 0 Å². The summed E-state index contributed by atoms with van der Waals surface area (Å²) in [6, 6.07) is 11.0. The Labute approximate surface area is 194 Å². The van der Waals surface area contributed by atoms with E-state index >= 15 is 0 Å². The van der Waals surface area contributed by atoms with Crippen LogP contribution in [0.2, 0.25) is 0 Å². The summed E-state index contributed by atoms with van der Waals surface area (Å²) in [4.78, 5) is 26.8. The largest absolute Gasteiger partial charge is 0.357 e. The molecule has 2 heterocycles. The third-order valence-electron chi connectivity index (χ3n) is 6.77. The minimum Gasteiger partial charge on any atom is -0.357 e. The second-order valence-electron chi connectivity index (χ2n) is 9.23. The number of hydrogen-bond acceptors (Lipinski definition) is 4. The van der Waals surface area contributed by atoms with Crippen molar-refractivity contribution in [1.82, 2.24) is 24.9 Å². The highest BCUT2D eigenvalue weighted by Gasteiger charge is 2.30. The van der Waals surface area contributed by atoms with Crippen molar-refractivity contribution in [2.75, 3.05) is 66.5 Å². The molecule has 2 atom stereocenters. The van der Waals surface area contributed by atoms with Crippen LogP contribution in [0.3, 0.4) is 0 Å². The molecule has 1 N–H and O–H groups in total. The first-order chi connectivity index (χ1) is 15.5. The van der Waals surface area contributed by atoms with Crippen LogP contribution >= 0.6 is 0 Å². The smallest absolute Gasteiger partial charge is 0.239 e. The number of carbonyl (C=O) groups excluding carboxylic acids is 1. The summed E-state index contributed by atoms with van der Waals surface area (Å²) >= 11 is 0. The molecule has 2 fully saturated rings. The molecule has 2 unspecified atom stereocenters.